The summed E-state index contributed by atoms with van der Waals surface area (Å²) < 4.78 is 0. The Labute approximate surface area is 197 Å². The summed E-state index contributed by atoms with van der Waals surface area (Å²) in [4.78, 5) is 5.03. The van der Waals surface area contributed by atoms with E-state index in [1.54, 1.807) is 0 Å². The van der Waals surface area contributed by atoms with E-state index >= 15 is 0 Å². The van der Waals surface area contributed by atoms with Gasteiger partial charge in [-0.25, -0.2) is 0 Å². The molecule has 0 amide bonds. The van der Waals surface area contributed by atoms with Gasteiger partial charge in [-0.05, 0) is 12.8 Å². The Balaban J connectivity index is 1.77. The fraction of sp³-hybridized carbons (Fsp3) is 0.931. The van der Waals surface area contributed by atoms with E-state index in [1.165, 1.54) is 154 Å². The van der Waals surface area contributed by atoms with Crippen molar-refractivity contribution < 1.29 is 0 Å². The highest BCUT2D eigenvalue weighted by molar-refractivity contribution is 4.90. The minimum atomic E-state index is 1.13. The Morgan fingerprint density at radius 2 is 0.645 bits per heavy atom. The van der Waals surface area contributed by atoms with E-state index in [1.807, 2.05) is 0 Å². The van der Waals surface area contributed by atoms with E-state index < -0.39 is 0 Å². The minimum Gasteiger partial charge on any atom is -0.359 e. The second-order valence-corrected chi connectivity index (χ2v) is 10.1. The molecule has 0 unspecified atom stereocenters. The molecular weight excluding hydrogens is 376 g/mol. The third-order valence-electron chi connectivity index (χ3n) is 6.95. The fourth-order valence-electron chi connectivity index (χ4n) is 4.76. The second kappa shape index (κ2) is 22.5. The molecule has 0 aromatic heterocycles. The molecule has 0 aliphatic carbocycles. The van der Waals surface area contributed by atoms with Crippen molar-refractivity contribution in [1.29, 1.82) is 0 Å². The molecule has 0 saturated heterocycles. The average Bonchev–Trinajstić information content (AvgIpc) is 3.23. The maximum Gasteiger partial charge on any atom is 0.0893 e. The van der Waals surface area contributed by atoms with E-state index in [9.17, 15) is 0 Å². The summed E-state index contributed by atoms with van der Waals surface area (Å²) in [7, 11) is 0. The number of hydrogen-bond acceptors (Lipinski definition) is 2. The third-order valence-corrected chi connectivity index (χ3v) is 6.95. The molecule has 1 aliphatic rings. The third kappa shape index (κ3) is 18.6. The standard InChI is InChI=1S/C29H58N2/c1-3-5-7-9-11-13-14-15-16-17-18-20-22-24-26-31-28-27-30(29-31)25-23-21-19-12-10-8-6-4-2/h27-28H,3-26,29H2,1-2H3. The summed E-state index contributed by atoms with van der Waals surface area (Å²) in [6.45, 7) is 8.24. The molecule has 1 heterocycles. The molecule has 0 aromatic rings. The Morgan fingerprint density at radius 3 is 0.935 bits per heavy atom. The lowest BCUT2D eigenvalue weighted by Gasteiger charge is -2.21. The lowest BCUT2D eigenvalue weighted by Crippen LogP contribution is -2.26. The summed E-state index contributed by atoms with van der Waals surface area (Å²) in [6, 6.07) is 0. The number of hydrogen-bond donors (Lipinski definition) is 0. The van der Waals surface area contributed by atoms with Gasteiger partial charge in [0.15, 0.2) is 0 Å². The van der Waals surface area contributed by atoms with Gasteiger partial charge in [-0.2, -0.15) is 0 Å². The van der Waals surface area contributed by atoms with E-state index in [0.717, 1.165) is 6.67 Å². The van der Waals surface area contributed by atoms with E-state index in [4.69, 9.17) is 0 Å². The summed E-state index contributed by atoms with van der Waals surface area (Å²) in [6.07, 6.45) is 36.2. The molecule has 31 heavy (non-hydrogen) atoms. The van der Waals surface area contributed by atoms with Gasteiger partial charge in [0.25, 0.3) is 0 Å². The van der Waals surface area contributed by atoms with Crippen LogP contribution < -0.4 is 0 Å². The molecule has 0 aromatic carbocycles. The highest BCUT2D eigenvalue weighted by Gasteiger charge is 2.10. The Bertz CT molecular complexity index is 379. The van der Waals surface area contributed by atoms with Gasteiger partial charge in [0.1, 0.15) is 0 Å². The number of unbranched alkanes of at least 4 members (excludes halogenated alkanes) is 20. The quantitative estimate of drug-likeness (QED) is 0.139. The smallest absolute Gasteiger partial charge is 0.0893 e. The maximum absolute atomic E-state index is 2.52. The largest absolute Gasteiger partial charge is 0.359 e. The van der Waals surface area contributed by atoms with Crippen molar-refractivity contribution in [2.24, 2.45) is 0 Å². The van der Waals surface area contributed by atoms with Crippen molar-refractivity contribution in [1.82, 2.24) is 9.80 Å². The molecule has 2 nitrogen and oxygen atoms in total. The van der Waals surface area contributed by atoms with Crippen LogP contribution in [-0.2, 0) is 0 Å². The minimum absolute atomic E-state index is 1.13. The van der Waals surface area contributed by atoms with Gasteiger partial charge in [0.05, 0.1) is 6.67 Å². The van der Waals surface area contributed by atoms with Gasteiger partial charge in [0, 0.05) is 25.5 Å². The van der Waals surface area contributed by atoms with Gasteiger partial charge in [-0.1, -0.05) is 142 Å². The molecule has 184 valence electrons. The van der Waals surface area contributed by atoms with Crippen LogP contribution in [0.4, 0.5) is 0 Å². The van der Waals surface area contributed by atoms with Crippen LogP contribution in [0.25, 0.3) is 0 Å². The van der Waals surface area contributed by atoms with Gasteiger partial charge >= 0.3 is 0 Å². The van der Waals surface area contributed by atoms with Crippen LogP contribution in [0.1, 0.15) is 155 Å². The predicted molar refractivity (Wildman–Crippen MR) is 140 cm³/mol. The molecule has 0 N–H and O–H groups in total. The SMILES string of the molecule is CCCCCCCCCCCCCCCCN1C=CN(CCCCCCCCCC)C1. The summed E-state index contributed by atoms with van der Waals surface area (Å²) >= 11 is 0. The van der Waals surface area contributed by atoms with Crippen LogP contribution in [0, 0.1) is 0 Å². The van der Waals surface area contributed by atoms with E-state index in [2.05, 4.69) is 36.0 Å². The summed E-state index contributed by atoms with van der Waals surface area (Å²) in [5.74, 6) is 0. The molecule has 0 saturated carbocycles. The molecule has 0 bridgehead atoms. The highest BCUT2D eigenvalue weighted by atomic mass is 15.3. The lowest BCUT2D eigenvalue weighted by molar-refractivity contribution is 0.257. The first-order chi connectivity index (χ1) is 15.4. The van der Waals surface area contributed by atoms with Crippen LogP contribution in [0.3, 0.4) is 0 Å². The lowest BCUT2D eigenvalue weighted by atomic mass is 10.0. The average molecular weight is 435 g/mol. The molecule has 0 spiro atoms. The van der Waals surface area contributed by atoms with Gasteiger partial charge in [0.2, 0.25) is 0 Å². The van der Waals surface area contributed by atoms with Crippen LogP contribution in [-0.4, -0.2) is 29.6 Å². The molecule has 1 rings (SSSR count). The maximum atomic E-state index is 2.52. The summed E-state index contributed by atoms with van der Waals surface area (Å²) in [5, 5.41) is 0. The first kappa shape index (κ1) is 28.4. The van der Waals surface area contributed by atoms with Crippen LogP contribution >= 0.6 is 0 Å². The monoisotopic (exact) mass is 434 g/mol. The zero-order chi connectivity index (χ0) is 22.2. The number of nitrogens with zero attached hydrogens (tertiary/aromatic N) is 2. The Hall–Kier alpha value is -0.660. The zero-order valence-electron chi connectivity index (χ0n) is 21.7. The van der Waals surface area contributed by atoms with Crippen molar-refractivity contribution in [3.63, 3.8) is 0 Å². The topological polar surface area (TPSA) is 6.48 Å². The first-order valence-corrected chi connectivity index (χ1v) is 14.5. The Morgan fingerprint density at radius 1 is 0.387 bits per heavy atom. The van der Waals surface area contributed by atoms with Crippen molar-refractivity contribution in [3.8, 4) is 0 Å². The highest BCUT2D eigenvalue weighted by Crippen LogP contribution is 2.15. The fourth-order valence-corrected chi connectivity index (χ4v) is 4.76. The van der Waals surface area contributed by atoms with E-state index in [-0.39, 0.29) is 0 Å². The number of rotatable bonds is 24. The zero-order valence-corrected chi connectivity index (χ0v) is 21.7. The van der Waals surface area contributed by atoms with Crippen molar-refractivity contribution in [2.75, 3.05) is 19.8 Å². The van der Waals surface area contributed by atoms with Crippen LogP contribution in [0.15, 0.2) is 12.4 Å². The molecule has 0 fully saturated rings. The van der Waals surface area contributed by atoms with E-state index in [0.29, 0.717) is 0 Å². The van der Waals surface area contributed by atoms with Gasteiger partial charge in [-0.3, -0.25) is 0 Å². The van der Waals surface area contributed by atoms with Crippen LogP contribution in [0.2, 0.25) is 0 Å². The van der Waals surface area contributed by atoms with Crippen molar-refractivity contribution >= 4 is 0 Å². The molecule has 1 aliphatic heterocycles. The van der Waals surface area contributed by atoms with Crippen molar-refractivity contribution in [2.45, 2.75) is 155 Å². The van der Waals surface area contributed by atoms with Crippen molar-refractivity contribution in [3.05, 3.63) is 12.4 Å². The molecule has 2 heteroatoms. The molecule has 0 radical (unpaired) electrons. The van der Waals surface area contributed by atoms with Gasteiger partial charge in [-0.15, -0.1) is 0 Å². The van der Waals surface area contributed by atoms with Gasteiger partial charge < -0.3 is 9.80 Å². The molecule has 0 atom stereocenters. The second-order valence-electron chi connectivity index (χ2n) is 10.1. The Kier molecular flexibility index (Phi) is 20.6. The predicted octanol–water partition coefficient (Wildman–Crippen LogP) is 9.65. The summed E-state index contributed by atoms with van der Waals surface area (Å²) in [5.41, 5.74) is 0. The normalized spacial score (nSPS) is 13.6. The first-order valence-electron chi connectivity index (χ1n) is 14.5. The molecular formula is C29H58N2. The van der Waals surface area contributed by atoms with Crippen LogP contribution in [0.5, 0.6) is 0 Å².